The highest BCUT2D eigenvalue weighted by molar-refractivity contribution is 5.83. The molecule has 0 aliphatic carbocycles. The molecule has 28 heavy (non-hydrogen) atoms. The molecule has 0 aromatic heterocycles. The van der Waals surface area contributed by atoms with Crippen LogP contribution < -0.4 is 4.74 Å². The molecule has 0 amide bonds. The Labute approximate surface area is 167 Å². The van der Waals surface area contributed by atoms with Gasteiger partial charge in [-0.15, -0.1) is 0 Å². The quantitative estimate of drug-likeness (QED) is 0.474. The second-order valence-electron chi connectivity index (χ2n) is 7.34. The van der Waals surface area contributed by atoms with E-state index in [1.54, 1.807) is 0 Å². The summed E-state index contributed by atoms with van der Waals surface area (Å²) in [6, 6.07) is 22.2. The SMILES string of the molecule is CCCCC(CC)(C(=O)O)c1cccc(OCc2ccc3ccccc3c2)c1. The summed E-state index contributed by atoms with van der Waals surface area (Å²) in [5.74, 6) is -0.0450. The topological polar surface area (TPSA) is 46.5 Å². The van der Waals surface area contributed by atoms with Gasteiger partial charge in [0.05, 0.1) is 5.41 Å². The maximum Gasteiger partial charge on any atom is 0.314 e. The van der Waals surface area contributed by atoms with Crippen molar-refractivity contribution in [3.63, 3.8) is 0 Å². The first-order chi connectivity index (χ1) is 13.6. The van der Waals surface area contributed by atoms with Crippen molar-refractivity contribution < 1.29 is 14.6 Å². The number of carbonyl (C=O) groups is 1. The molecule has 0 bridgehead atoms. The summed E-state index contributed by atoms with van der Waals surface area (Å²) in [4.78, 5) is 12.1. The number of hydrogen-bond acceptors (Lipinski definition) is 2. The van der Waals surface area contributed by atoms with Crippen molar-refractivity contribution in [3.8, 4) is 5.75 Å². The predicted octanol–water partition coefficient (Wildman–Crippen LogP) is 6.34. The van der Waals surface area contributed by atoms with Gasteiger partial charge in [0.1, 0.15) is 12.4 Å². The summed E-state index contributed by atoms with van der Waals surface area (Å²) < 4.78 is 6.01. The Morgan fingerprint density at radius 1 is 0.964 bits per heavy atom. The number of carboxylic acid groups (broad SMARTS) is 1. The second kappa shape index (κ2) is 8.92. The van der Waals surface area contributed by atoms with Crippen LogP contribution in [0.3, 0.4) is 0 Å². The fourth-order valence-electron chi connectivity index (χ4n) is 3.76. The molecule has 0 heterocycles. The van der Waals surface area contributed by atoms with Crippen LogP contribution in [0.5, 0.6) is 5.75 Å². The van der Waals surface area contributed by atoms with Crippen molar-refractivity contribution in [3.05, 3.63) is 77.9 Å². The summed E-state index contributed by atoms with van der Waals surface area (Å²) in [5, 5.41) is 12.4. The van der Waals surface area contributed by atoms with Crippen LogP contribution in [0.4, 0.5) is 0 Å². The first-order valence-electron chi connectivity index (χ1n) is 10.0. The molecule has 3 heteroatoms. The Morgan fingerprint density at radius 2 is 1.75 bits per heavy atom. The minimum absolute atomic E-state index is 0.454. The molecule has 1 unspecified atom stereocenters. The van der Waals surface area contributed by atoms with Crippen LogP contribution in [0.25, 0.3) is 10.8 Å². The molecular formula is C25H28O3. The zero-order chi connectivity index (χ0) is 20.0. The monoisotopic (exact) mass is 376 g/mol. The number of aliphatic carboxylic acids is 1. The lowest BCUT2D eigenvalue weighted by atomic mass is 9.74. The maximum absolute atomic E-state index is 12.1. The number of benzene rings is 3. The molecule has 0 radical (unpaired) electrons. The Hall–Kier alpha value is -2.81. The van der Waals surface area contributed by atoms with Crippen LogP contribution in [0.2, 0.25) is 0 Å². The molecule has 3 nitrogen and oxygen atoms in total. The van der Waals surface area contributed by atoms with E-state index in [2.05, 4.69) is 37.3 Å². The highest BCUT2D eigenvalue weighted by Gasteiger charge is 2.38. The molecule has 1 N–H and O–H groups in total. The first-order valence-corrected chi connectivity index (χ1v) is 10.0. The third-order valence-electron chi connectivity index (χ3n) is 5.58. The van der Waals surface area contributed by atoms with E-state index in [-0.39, 0.29) is 0 Å². The van der Waals surface area contributed by atoms with E-state index in [0.717, 1.165) is 24.0 Å². The number of hydrogen-bond donors (Lipinski definition) is 1. The van der Waals surface area contributed by atoms with E-state index in [9.17, 15) is 9.90 Å². The lowest BCUT2D eigenvalue weighted by molar-refractivity contribution is -0.144. The van der Waals surface area contributed by atoms with Crippen molar-refractivity contribution in [2.45, 2.75) is 51.6 Å². The molecule has 3 aromatic rings. The molecule has 0 fully saturated rings. The minimum atomic E-state index is -0.849. The molecule has 0 aliphatic rings. The largest absolute Gasteiger partial charge is 0.489 e. The van der Waals surface area contributed by atoms with Crippen LogP contribution >= 0.6 is 0 Å². The van der Waals surface area contributed by atoms with Gasteiger partial charge in [-0.05, 0) is 52.9 Å². The Bertz CT molecular complexity index is 947. The second-order valence-corrected chi connectivity index (χ2v) is 7.34. The summed E-state index contributed by atoms with van der Waals surface area (Å²) in [6.07, 6.45) is 3.08. The van der Waals surface area contributed by atoms with E-state index in [0.29, 0.717) is 25.2 Å². The summed E-state index contributed by atoms with van der Waals surface area (Å²) in [7, 11) is 0. The minimum Gasteiger partial charge on any atom is -0.489 e. The van der Waals surface area contributed by atoms with Crippen molar-refractivity contribution in [1.29, 1.82) is 0 Å². The van der Waals surface area contributed by atoms with Gasteiger partial charge >= 0.3 is 5.97 Å². The van der Waals surface area contributed by atoms with Crippen LogP contribution in [0.1, 0.15) is 50.7 Å². The standard InChI is InChI=1S/C25H28O3/c1-3-5-15-25(4-2,24(26)27)22-11-8-12-23(17-22)28-18-19-13-14-20-9-6-7-10-21(20)16-19/h6-14,16-17H,3-5,15,18H2,1-2H3,(H,26,27). The Balaban J connectivity index is 1.80. The molecule has 146 valence electrons. The summed E-state index contributed by atoms with van der Waals surface area (Å²) in [6.45, 7) is 4.49. The van der Waals surface area contributed by atoms with Crippen molar-refractivity contribution in [2.24, 2.45) is 0 Å². The number of rotatable bonds is 9. The van der Waals surface area contributed by atoms with Crippen LogP contribution in [0.15, 0.2) is 66.7 Å². The molecule has 0 saturated carbocycles. The molecule has 1 atom stereocenters. The van der Waals surface area contributed by atoms with Crippen molar-refractivity contribution >= 4 is 16.7 Å². The fourth-order valence-corrected chi connectivity index (χ4v) is 3.76. The third kappa shape index (κ3) is 4.19. The number of unbranched alkanes of at least 4 members (excludes halogenated alkanes) is 1. The summed E-state index contributed by atoms with van der Waals surface area (Å²) >= 11 is 0. The highest BCUT2D eigenvalue weighted by Crippen LogP contribution is 2.35. The molecule has 3 rings (SSSR count). The van der Waals surface area contributed by atoms with Crippen LogP contribution in [-0.2, 0) is 16.8 Å². The zero-order valence-corrected chi connectivity index (χ0v) is 16.7. The zero-order valence-electron chi connectivity index (χ0n) is 16.7. The average Bonchev–Trinajstić information content (AvgIpc) is 2.73. The van der Waals surface area contributed by atoms with Gasteiger partial charge in [-0.3, -0.25) is 4.79 Å². The van der Waals surface area contributed by atoms with Gasteiger partial charge in [0.15, 0.2) is 0 Å². The third-order valence-corrected chi connectivity index (χ3v) is 5.58. The van der Waals surface area contributed by atoms with E-state index in [1.807, 2.05) is 43.3 Å². The van der Waals surface area contributed by atoms with E-state index < -0.39 is 11.4 Å². The van der Waals surface area contributed by atoms with Crippen molar-refractivity contribution in [2.75, 3.05) is 0 Å². The van der Waals surface area contributed by atoms with E-state index in [1.165, 1.54) is 10.8 Å². The number of ether oxygens (including phenoxy) is 1. The Morgan fingerprint density at radius 3 is 2.46 bits per heavy atom. The van der Waals surface area contributed by atoms with Crippen LogP contribution in [0, 0.1) is 0 Å². The van der Waals surface area contributed by atoms with E-state index >= 15 is 0 Å². The molecular weight excluding hydrogens is 348 g/mol. The van der Waals surface area contributed by atoms with Gasteiger partial charge in [-0.1, -0.05) is 75.2 Å². The van der Waals surface area contributed by atoms with Gasteiger partial charge < -0.3 is 9.84 Å². The molecule has 0 saturated heterocycles. The number of carboxylic acids is 1. The Kier molecular flexibility index (Phi) is 6.35. The normalized spacial score (nSPS) is 13.2. The number of fused-ring (bicyclic) bond motifs is 1. The van der Waals surface area contributed by atoms with Gasteiger partial charge in [0, 0.05) is 0 Å². The van der Waals surface area contributed by atoms with Gasteiger partial charge in [0.25, 0.3) is 0 Å². The van der Waals surface area contributed by atoms with Gasteiger partial charge in [-0.2, -0.15) is 0 Å². The van der Waals surface area contributed by atoms with Crippen molar-refractivity contribution in [1.82, 2.24) is 0 Å². The lowest BCUT2D eigenvalue weighted by Gasteiger charge is -2.29. The van der Waals surface area contributed by atoms with Gasteiger partial charge in [0.2, 0.25) is 0 Å². The smallest absolute Gasteiger partial charge is 0.314 e. The predicted molar refractivity (Wildman–Crippen MR) is 114 cm³/mol. The molecule has 0 spiro atoms. The highest BCUT2D eigenvalue weighted by atomic mass is 16.5. The fraction of sp³-hybridized carbons (Fsp3) is 0.320. The maximum atomic E-state index is 12.1. The summed E-state index contributed by atoms with van der Waals surface area (Å²) in [5.41, 5.74) is 1.07. The average molecular weight is 376 g/mol. The first kappa shape index (κ1) is 19.9. The van der Waals surface area contributed by atoms with Crippen LogP contribution in [-0.4, -0.2) is 11.1 Å². The lowest BCUT2D eigenvalue weighted by Crippen LogP contribution is -2.35. The molecule has 3 aromatic carbocycles. The van der Waals surface area contributed by atoms with Gasteiger partial charge in [-0.25, -0.2) is 0 Å². The molecule has 0 aliphatic heterocycles. The van der Waals surface area contributed by atoms with E-state index in [4.69, 9.17) is 4.74 Å².